The van der Waals surface area contributed by atoms with Gasteiger partial charge in [0.25, 0.3) is 5.56 Å². The van der Waals surface area contributed by atoms with Gasteiger partial charge in [0.1, 0.15) is 5.69 Å². The summed E-state index contributed by atoms with van der Waals surface area (Å²) in [6.45, 7) is 2.14. The maximum Gasteiger partial charge on any atom is 0.352 e. The van der Waals surface area contributed by atoms with E-state index in [0.29, 0.717) is 6.42 Å². The summed E-state index contributed by atoms with van der Waals surface area (Å²) in [6.07, 6.45) is 2.60. The summed E-state index contributed by atoms with van der Waals surface area (Å²) < 4.78 is 1.10. The molecule has 0 amide bonds. The lowest BCUT2D eigenvalue weighted by molar-refractivity contribution is 0.0686. The van der Waals surface area contributed by atoms with E-state index < -0.39 is 17.2 Å². The third kappa shape index (κ3) is 3.88. The molecule has 0 saturated carbocycles. The van der Waals surface area contributed by atoms with Crippen molar-refractivity contribution in [3.05, 3.63) is 68.0 Å². The van der Waals surface area contributed by atoms with Gasteiger partial charge in [0.15, 0.2) is 0 Å². The summed E-state index contributed by atoms with van der Waals surface area (Å²) in [5.74, 6) is -1.28. The van der Waals surface area contributed by atoms with Crippen molar-refractivity contribution in [3.8, 4) is 0 Å². The lowest BCUT2D eigenvalue weighted by atomic mass is 10.1. The summed E-state index contributed by atoms with van der Waals surface area (Å²) in [7, 11) is 0. The van der Waals surface area contributed by atoms with Crippen LogP contribution in [0.2, 0.25) is 0 Å². The van der Waals surface area contributed by atoms with Gasteiger partial charge in [-0.25, -0.2) is 9.59 Å². The summed E-state index contributed by atoms with van der Waals surface area (Å²) in [6, 6.07) is 9.55. The third-order valence-corrected chi connectivity index (χ3v) is 4.54. The van der Waals surface area contributed by atoms with Crippen LogP contribution in [0.3, 0.4) is 0 Å². The van der Waals surface area contributed by atoms with Crippen LogP contribution in [-0.4, -0.2) is 38.6 Å². The largest absolute Gasteiger partial charge is 0.477 e. The molecule has 25 heavy (non-hydrogen) atoms. The van der Waals surface area contributed by atoms with Gasteiger partial charge < -0.3 is 10.1 Å². The summed E-state index contributed by atoms with van der Waals surface area (Å²) in [5, 5.41) is 9.35. The normalized spacial score (nSPS) is 14.7. The predicted molar refractivity (Wildman–Crippen MR) is 92.9 cm³/mol. The van der Waals surface area contributed by atoms with Crippen LogP contribution in [0.25, 0.3) is 0 Å². The number of nitrogens with one attached hydrogen (secondary N) is 1. The fourth-order valence-corrected chi connectivity index (χ4v) is 3.19. The van der Waals surface area contributed by atoms with Crippen LogP contribution in [0, 0.1) is 0 Å². The van der Waals surface area contributed by atoms with Crippen molar-refractivity contribution in [2.75, 3.05) is 13.1 Å². The van der Waals surface area contributed by atoms with Crippen LogP contribution in [0.5, 0.6) is 0 Å². The van der Waals surface area contributed by atoms with Crippen LogP contribution in [0.4, 0.5) is 0 Å². The number of hydrogen-bond donors (Lipinski definition) is 2. The Morgan fingerprint density at radius 3 is 2.44 bits per heavy atom. The quantitative estimate of drug-likeness (QED) is 0.818. The molecular formula is C18H21N3O4. The molecule has 1 aromatic carbocycles. The monoisotopic (exact) mass is 343 g/mol. The second kappa shape index (κ2) is 7.48. The average molecular weight is 343 g/mol. The van der Waals surface area contributed by atoms with Gasteiger partial charge in [-0.15, -0.1) is 0 Å². The Labute approximate surface area is 144 Å². The first kappa shape index (κ1) is 17.2. The van der Waals surface area contributed by atoms with Crippen molar-refractivity contribution in [2.45, 2.75) is 32.4 Å². The van der Waals surface area contributed by atoms with E-state index in [0.717, 1.165) is 36.1 Å². The predicted octanol–water partition coefficient (Wildman–Crippen LogP) is 1.07. The Morgan fingerprint density at radius 1 is 1.12 bits per heavy atom. The van der Waals surface area contributed by atoms with Gasteiger partial charge >= 0.3 is 11.7 Å². The maximum atomic E-state index is 12.8. The third-order valence-electron chi connectivity index (χ3n) is 4.54. The topological polar surface area (TPSA) is 95.4 Å². The molecule has 0 bridgehead atoms. The molecule has 0 radical (unpaired) electrons. The molecule has 132 valence electrons. The Hall–Kier alpha value is -2.67. The van der Waals surface area contributed by atoms with Gasteiger partial charge in [0.2, 0.25) is 0 Å². The molecule has 1 aliphatic heterocycles. The number of aryl methyl sites for hydroxylation is 1. The average Bonchev–Trinajstić information content (AvgIpc) is 3.11. The molecule has 1 saturated heterocycles. The number of likely N-dealkylation sites (tertiary alicyclic amines) is 1. The number of benzene rings is 1. The molecule has 0 spiro atoms. The number of aromatic carboxylic acids is 1. The van der Waals surface area contributed by atoms with E-state index in [-0.39, 0.29) is 24.3 Å². The fourth-order valence-electron chi connectivity index (χ4n) is 3.19. The van der Waals surface area contributed by atoms with Crippen LogP contribution in [0.15, 0.2) is 39.9 Å². The van der Waals surface area contributed by atoms with Crippen LogP contribution in [0.1, 0.15) is 34.5 Å². The molecular weight excluding hydrogens is 322 g/mol. The van der Waals surface area contributed by atoms with Crippen LogP contribution >= 0.6 is 0 Å². The highest BCUT2D eigenvalue weighted by molar-refractivity contribution is 5.86. The first-order chi connectivity index (χ1) is 12.1. The lowest BCUT2D eigenvalue weighted by Crippen LogP contribution is -2.41. The van der Waals surface area contributed by atoms with Crippen LogP contribution < -0.4 is 11.2 Å². The second-order valence-corrected chi connectivity index (χ2v) is 6.26. The van der Waals surface area contributed by atoms with Crippen molar-refractivity contribution < 1.29 is 9.90 Å². The van der Waals surface area contributed by atoms with Crippen molar-refractivity contribution in [1.29, 1.82) is 0 Å². The number of aromatic nitrogens is 2. The standard InChI is InChI=1S/C18H21N3O4/c22-16-14(12-20-9-4-5-10-20)15(17(23)24)19-18(25)21(16)11-8-13-6-2-1-3-7-13/h1-3,6-7H,4-5,8-12H2,(H,19,25)(H,23,24). The minimum atomic E-state index is -1.28. The number of rotatable bonds is 6. The van der Waals surface area contributed by atoms with E-state index in [9.17, 15) is 19.5 Å². The molecule has 7 nitrogen and oxygen atoms in total. The zero-order valence-electron chi connectivity index (χ0n) is 13.9. The highest BCUT2D eigenvalue weighted by Crippen LogP contribution is 2.12. The van der Waals surface area contributed by atoms with Gasteiger partial charge in [-0.3, -0.25) is 14.3 Å². The van der Waals surface area contributed by atoms with Crippen molar-refractivity contribution >= 4 is 5.97 Å². The second-order valence-electron chi connectivity index (χ2n) is 6.26. The van der Waals surface area contributed by atoms with Crippen LogP contribution in [-0.2, 0) is 19.5 Å². The highest BCUT2D eigenvalue weighted by Gasteiger charge is 2.22. The van der Waals surface area contributed by atoms with E-state index in [1.807, 2.05) is 35.2 Å². The zero-order valence-corrected chi connectivity index (χ0v) is 13.9. The molecule has 2 heterocycles. The van der Waals surface area contributed by atoms with Gasteiger partial charge in [0, 0.05) is 13.1 Å². The summed E-state index contributed by atoms with van der Waals surface area (Å²) in [5.41, 5.74) is -0.315. The SMILES string of the molecule is O=C(O)c1[nH]c(=O)n(CCc2ccccc2)c(=O)c1CN1CCCC1. The number of carboxylic acids is 1. The van der Waals surface area contributed by atoms with Gasteiger partial charge in [0.05, 0.1) is 5.56 Å². The Kier molecular flexibility index (Phi) is 5.14. The maximum absolute atomic E-state index is 12.8. The number of hydrogen-bond acceptors (Lipinski definition) is 4. The Balaban J connectivity index is 1.93. The molecule has 1 aliphatic rings. The number of aromatic amines is 1. The van der Waals surface area contributed by atoms with Crippen molar-refractivity contribution in [3.63, 3.8) is 0 Å². The molecule has 1 aromatic heterocycles. The molecule has 0 atom stereocenters. The smallest absolute Gasteiger partial charge is 0.352 e. The van der Waals surface area contributed by atoms with E-state index in [4.69, 9.17) is 0 Å². The van der Waals surface area contributed by atoms with Crippen molar-refractivity contribution in [2.24, 2.45) is 0 Å². The fraction of sp³-hybridized carbons (Fsp3) is 0.389. The van der Waals surface area contributed by atoms with E-state index in [1.165, 1.54) is 0 Å². The lowest BCUT2D eigenvalue weighted by Gasteiger charge is -2.16. The first-order valence-corrected chi connectivity index (χ1v) is 8.42. The van der Waals surface area contributed by atoms with Gasteiger partial charge in [-0.2, -0.15) is 0 Å². The highest BCUT2D eigenvalue weighted by atomic mass is 16.4. The Morgan fingerprint density at radius 2 is 1.80 bits per heavy atom. The molecule has 7 heteroatoms. The molecule has 1 fully saturated rings. The zero-order chi connectivity index (χ0) is 17.8. The Bertz CT molecular complexity index is 864. The van der Waals surface area contributed by atoms with E-state index >= 15 is 0 Å². The number of carboxylic acid groups (broad SMARTS) is 1. The summed E-state index contributed by atoms with van der Waals surface area (Å²) >= 11 is 0. The van der Waals surface area contributed by atoms with Gasteiger partial charge in [-0.1, -0.05) is 30.3 Å². The first-order valence-electron chi connectivity index (χ1n) is 8.42. The van der Waals surface area contributed by atoms with E-state index in [2.05, 4.69) is 4.98 Å². The molecule has 0 aliphatic carbocycles. The number of carbonyl (C=O) groups is 1. The molecule has 0 unspecified atom stereocenters. The summed E-state index contributed by atoms with van der Waals surface area (Å²) in [4.78, 5) is 40.9. The minimum absolute atomic E-state index is 0.155. The number of nitrogens with zero attached hydrogens (tertiary/aromatic N) is 2. The van der Waals surface area contributed by atoms with Gasteiger partial charge in [-0.05, 0) is 37.9 Å². The van der Waals surface area contributed by atoms with E-state index in [1.54, 1.807) is 0 Å². The number of H-pyrrole nitrogens is 1. The minimum Gasteiger partial charge on any atom is -0.477 e. The molecule has 3 rings (SSSR count). The molecule has 2 N–H and O–H groups in total. The molecule has 2 aromatic rings. The van der Waals surface area contributed by atoms with Crippen molar-refractivity contribution in [1.82, 2.24) is 14.5 Å².